The van der Waals surface area contributed by atoms with Crippen molar-refractivity contribution in [3.8, 4) is 0 Å². The topological polar surface area (TPSA) is 87.8 Å². The Morgan fingerprint density at radius 3 is 2.82 bits per heavy atom. The Balaban J connectivity index is 1.61. The molecular weight excluding hydrogens is 438 g/mol. The maximum absolute atomic E-state index is 12.9. The third-order valence-electron chi connectivity index (χ3n) is 7.49. The fourth-order valence-corrected chi connectivity index (χ4v) is 5.81. The average molecular weight is 480 g/mol. The van der Waals surface area contributed by atoms with Crippen LogP contribution in [0.5, 0.6) is 0 Å². The Labute approximate surface area is 204 Å². The Morgan fingerprint density at radius 2 is 2.09 bits per heavy atom. The van der Waals surface area contributed by atoms with E-state index in [1.165, 1.54) is 25.7 Å². The van der Waals surface area contributed by atoms with Crippen LogP contribution in [0.1, 0.15) is 69.8 Å². The van der Waals surface area contributed by atoms with E-state index in [1.807, 2.05) is 29.2 Å². The van der Waals surface area contributed by atoms with Crippen molar-refractivity contribution in [1.29, 1.82) is 0 Å². The van der Waals surface area contributed by atoms with E-state index in [2.05, 4.69) is 5.32 Å². The Morgan fingerprint density at radius 1 is 1.30 bits per heavy atom. The molecule has 4 N–H and O–H groups in total. The molecule has 1 aromatic carbocycles. The number of nitrogens with two attached hydrogens (primary N) is 1. The van der Waals surface area contributed by atoms with E-state index in [0.717, 1.165) is 37.7 Å². The molecule has 3 atom stereocenters. The zero-order valence-electron chi connectivity index (χ0n) is 20.1. The minimum atomic E-state index is -1.03. The number of hydrogen-bond donors (Lipinski definition) is 3. The molecule has 6 nitrogen and oxygen atoms in total. The van der Waals surface area contributed by atoms with Gasteiger partial charge in [-0.25, -0.2) is 4.79 Å². The summed E-state index contributed by atoms with van der Waals surface area (Å²) in [5, 5.41) is 15.6. The van der Waals surface area contributed by atoms with Gasteiger partial charge in [-0.3, -0.25) is 0 Å². The van der Waals surface area contributed by atoms with Crippen LogP contribution < -0.4 is 11.1 Å². The third-order valence-corrected chi connectivity index (χ3v) is 7.73. The second kappa shape index (κ2) is 12.9. The number of unbranched alkanes of at least 4 members (excludes halogenated alkanes) is 1. The normalized spacial score (nSPS) is 22.2. The Kier molecular flexibility index (Phi) is 10.3. The number of benzene rings is 1. The number of nitrogens with zero attached hydrogens (tertiary/aromatic N) is 1. The molecule has 1 aromatic rings. The van der Waals surface area contributed by atoms with E-state index in [1.54, 1.807) is 7.11 Å². The van der Waals surface area contributed by atoms with Crippen LogP contribution in [0.25, 0.3) is 0 Å². The number of hydrogen-bond acceptors (Lipinski definition) is 4. The second-order valence-electron chi connectivity index (χ2n) is 10.0. The molecule has 1 aliphatic carbocycles. The largest absolute Gasteiger partial charge is 0.385 e. The number of nitrogens with one attached hydrogen (secondary N) is 1. The average Bonchev–Trinajstić information content (AvgIpc) is 3.33. The van der Waals surface area contributed by atoms with E-state index < -0.39 is 5.60 Å². The van der Waals surface area contributed by atoms with Gasteiger partial charge in [0.2, 0.25) is 0 Å². The van der Waals surface area contributed by atoms with Gasteiger partial charge in [-0.05, 0) is 62.1 Å². The van der Waals surface area contributed by atoms with Crippen LogP contribution >= 0.6 is 11.6 Å². The molecule has 7 heteroatoms. The van der Waals surface area contributed by atoms with E-state index in [4.69, 9.17) is 22.1 Å². The van der Waals surface area contributed by atoms with Crippen molar-refractivity contribution in [2.75, 3.05) is 33.4 Å². The number of rotatable bonds is 11. The molecule has 1 saturated heterocycles. The van der Waals surface area contributed by atoms with Crippen molar-refractivity contribution < 1.29 is 14.6 Å². The summed E-state index contributed by atoms with van der Waals surface area (Å²) in [4.78, 5) is 14.8. The number of aliphatic hydroxyl groups is 1. The standard InChI is InChI=1S/C26H42ClN3O3/c1-33-15-5-4-13-26(32,21-10-6-12-23(27)17-21)22-11-7-14-30(19-22)25(31)29-18-24(28)16-20-8-2-3-9-20/h6,10,12,17,20,22,24,32H,2-5,7-9,11,13-16,18-19,28H2,1H3,(H,29,31)/t22-,24?,26-/m1/s1. The smallest absolute Gasteiger partial charge is 0.317 e. The molecule has 0 aromatic heterocycles. The maximum atomic E-state index is 12.9. The summed E-state index contributed by atoms with van der Waals surface area (Å²) in [6.45, 7) is 2.41. The fraction of sp³-hybridized carbons (Fsp3) is 0.731. The van der Waals surface area contributed by atoms with Crippen LogP contribution in [0.15, 0.2) is 24.3 Å². The van der Waals surface area contributed by atoms with Gasteiger partial charge in [-0.1, -0.05) is 49.4 Å². The first-order valence-corrected chi connectivity index (χ1v) is 13.1. The highest BCUT2D eigenvalue weighted by Crippen LogP contribution is 2.40. The van der Waals surface area contributed by atoms with Crippen molar-refractivity contribution in [1.82, 2.24) is 10.2 Å². The highest BCUT2D eigenvalue weighted by molar-refractivity contribution is 6.30. The molecule has 2 amide bonds. The summed E-state index contributed by atoms with van der Waals surface area (Å²) in [5.74, 6) is 0.659. The molecule has 33 heavy (non-hydrogen) atoms. The minimum Gasteiger partial charge on any atom is -0.385 e. The molecule has 2 fully saturated rings. The lowest BCUT2D eigenvalue weighted by Gasteiger charge is -2.43. The van der Waals surface area contributed by atoms with Gasteiger partial charge in [0, 0.05) is 50.3 Å². The van der Waals surface area contributed by atoms with Crippen LogP contribution in [0, 0.1) is 11.8 Å². The summed E-state index contributed by atoms with van der Waals surface area (Å²) in [6.07, 6.45) is 10.2. The number of amides is 2. The zero-order chi connectivity index (χ0) is 23.7. The number of methoxy groups -OCH3 is 1. The van der Waals surface area contributed by atoms with E-state index >= 15 is 0 Å². The van der Waals surface area contributed by atoms with Gasteiger partial charge in [0.25, 0.3) is 0 Å². The van der Waals surface area contributed by atoms with Crippen LogP contribution in [0.2, 0.25) is 5.02 Å². The van der Waals surface area contributed by atoms with Gasteiger partial charge >= 0.3 is 6.03 Å². The SMILES string of the molecule is COCCCC[C@@](O)(c1cccc(Cl)c1)[C@@H]1CCCN(C(=O)NCC(N)CC2CCCC2)C1. The molecule has 1 unspecified atom stereocenters. The maximum Gasteiger partial charge on any atom is 0.317 e. The molecule has 1 saturated carbocycles. The number of halogens is 1. The molecule has 0 spiro atoms. The molecule has 1 aliphatic heterocycles. The van der Waals surface area contributed by atoms with Gasteiger partial charge in [-0.15, -0.1) is 0 Å². The summed E-state index contributed by atoms with van der Waals surface area (Å²) in [5.41, 5.74) is 6.10. The van der Waals surface area contributed by atoms with Gasteiger partial charge in [0.1, 0.15) is 0 Å². The van der Waals surface area contributed by atoms with Crippen molar-refractivity contribution in [3.63, 3.8) is 0 Å². The van der Waals surface area contributed by atoms with E-state index in [-0.39, 0.29) is 18.0 Å². The number of carbonyl (C=O) groups excluding carboxylic acids is 1. The highest BCUT2D eigenvalue weighted by atomic mass is 35.5. The van der Waals surface area contributed by atoms with Gasteiger partial charge in [-0.2, -0.15) is 0 Å². The van der Waals surface area contributed by atoms with Gasteiger partial charge in [0.05, 0.1) is 5.60 Å². The Hall–Kier alpha value is -1.34. The van der Waals surface area contributed by atoms with Crippen molar-refractivity contribution >= 4 is 17.6 Å². The first-order valence-electron chi connectivity index (χ1n) is 12.7. The molecular formula is C26H42ClN3O3. The molecule has 3 rings (SSSR count). The lowest BCUT2D eigenvalue weighted by atomic mass is 9.74. The first kappa shape index (κ1) is 26.3. The number of likely N-dealkylation sites (tertiary alicyclic amines) is 1. The first-order chi connectivity index (χ1) is 15.9. The number of urea groups is 1. The van der Waals surface area contributed by atoms with Crippen LogP contribution in [0.3, 0.4) is 0 Å². The third kappa shape index (κ3) is 7.57. The van der Waals surface area contributed by atoms with Gasteiger partial charge < -0.3 is 25.8 Å². The summed E-state index contributed by atoms with van der Waals surface area (Å²) in [6, 6.07) is 7.45. The summed E-state index contributed by atoms with van der Waals surface area (Å²) >= 11 is 6.27. The molecule has 0 radical (unpaired) electrons. The minimum absolute atomic E-state index is 0.00168. The zero-order valence-corrected chi connectivity index (χ0v) is 20.9. The van der Waals surface area contributed by atoms with Crippen LogP contribution in [0.4, 0.5) is 4.79 Å². The quantitative estimate of drug-likeness (QED) is 0.402. The monoisotopic (exact) mass is 479 g/mol. The lowest BCUT2D eigenvalue weighted by Crippen LogP contribution is -2.52. The summed E-state index contributed by atoms with van der Waals surface area (Å²) in [7, 11) is 1.69. The Bertz CT molecular complexity index is 743. The number of carbonyl (C=O) groups is 1. The second-order valence-corrected chi connectivity index (χ2v) is 10.4. The predicted molar refractivity (Wildman–Crippen MR) is 133 cm³/mol. The van der Waals surface area contributed by atoms with E-state index in [0.29, 0.717) is 43.6 Å². The highest BCUT2D eigenvalue weighted by Gasteiger charge is 2.41. The van der Waals surface area contributed by atoms with Crippen molar-refractivity contribution in [3.05, 3.63) is 34.9 Å². The molecule has 0 bridgehead atoms. The number of ether oxygens (including phenoxy) is 1. The number of piperidine rings is 1. The lowest BCUT2D eigenvalue weighted by molar-refractivity contribution is -0.0563. The van der Waals surface area contributed by atoms with Crippen molar-refractivity contribution in [2.24, 2.45) is 17.6 Å². The fourth-order valence-electron chi connectivity index (χ4n) is 5.62. The molecule has 2 aliphatic rings. The molecule has 186 valence electrons. The van der Waals surface area contributed by atoms with Crippen LogP contribution in [-0.2, 0) is 10.3 Å². The van der Waals surface area contributed by atoms with Crippen molar-refractivity contribution in [2.45, 2.75) is 75.9 Å². The molecule has 1 heterocycles. The van der Waals surface area contributed by atoms with Gasteiger partial charge in [0.15, 0.2) is 0 Å². The predicted octanol–water partition coefficient (Wildman–Crippen LogP) is 4.67. The van der Waals surface area contributed by atoms with Crippen LogP contribution in [-0.4, -0.2) is 55.4 Å². The summed E-state index contributed by atoms with van der Waals surface area (Å²) < 4.78 is 5.19. The van der Waals surface area contributed by atoms with E-state index in [9.17, 15) is 9.90 Å².